The number of aryl methyl sites for hydroxylation is 3. The van der Waals surface area contributed by atoms with Crippen molar-refractivity contribution in [3.8, 4) is 0 Å². The monoisotopic (exact) mass is 480 g/mol. The van der Waals surface area contributed by atoms with E-state index in [2.05, 4.69) is 64.0 Å². The van der Waals surface area contributed by atoms with Crippen molar-refractivity contribution in [1.29, 1.82) is 0 Å². The molecular weight excluding hydrogens is 451 g/mol. The molecule has 27 heavy (non-hydrogen) atoms. The number of rotatable bonds is 5. The second-order valence-electron chi connectivity index (χ2n) is 6.69. The molecule has 0 saturated heterocycles. The minimum Gasteiger partial charge on any atom is -0.361 e. The molecule has 2 aromatic heterocycles. The van der Waals surface area contributed by atoms with Crippen molar-refractivity contribution < 1.29 is 0 Å². The van der Waals surface area contributed by atoms with Crippen LogP contribution in [0.25, 0.3) is 10.9 Å². The molecule has 6 nitrogen and oxygen atoms in total. The summed E-state index contributed by atoms with van der Waals surface area (Å²) >= 11 is 0. The van der Waals surface area contributed by atoms with Crippen molar-refractivity contribution in [2.75, 3.05) is 13.6 Å². The molecule has 0 aliphatic heterocycles. The van der Waals surface area contributed by atoms with E-state index < -0.39 is 0 Å². The lowest BCUT2D eigenvalue weighted by molar-refractivity contribution is 0.728. The van der Waals surface area contributed by atoms with Gasteiger partial charge in [-0.25, -0.2) is 0 Å². The van der Waals surface area contributed by atoms with Crippen molar-refractivity contribution in [3.63, 3.8) is 0 Å². The summed E-state index contributed by atoms with van der Waals surface area (Å²) in [6.07, 6.45) is 3.05. The van der Waals surface area contributed by atoms with Gasteiger partial charge in [-0.05, 0) is 44.4 Å². The first kappa shape index (κ1) is 21.3. The normalized spacial score (nSPS) is 11.5. The molecule has 0 atom stereocenters. The maximum atomic E-state index is 4.46. The van der Waals surface area contributed by atoms with Crippen LogP contribution in [0, 0.1) is 20.8 Å². The van der Waals surface area contributed by atoms with E-state index in [1.54, 1.807) is 7.05 Å². The van der Waals surface area contributed by atoms with Gasteiger partial charge in [-0.1, -0.05) is 12.1 Å². The minimum atomic E-state index is 0. The summed E-state index contributed by atoms with van der Waals surface area (Å²) in [5, 5.41) is 12.6. The topological polar surface area (TPSA) is 70.0 Å². The average Bonchev–Trinajstić information content (AvgIpc) is 3.14. The summed E-state index contributed by atoms with van der Waals surface area (Å²) in [5.74, 6) is 0.809. The zero-order chi connectivity index (χ0) is 18.7. The van der Waals surface area contributed by atoms with Gasteiger partial charge in [0.25, 0.3) is 0 Å². The van der Waals surface area contributed by atoms with E-state index in [0.717, 1.165) is 31.2 Å². The van der Waals surface area contributed by atoms with Crippen molar-refractivity contribution in [2.45, 2.75) is 33.7 Å². The van der Waals surface area contributed by atoms with E-state index in [1.807, 2.05) is 18.7 Å². The van der Waals surface area contributed by atoms with Crippen molar-refractivity contribution in [3.05, 3.63) is 52.5 Å². The van der Waals surface area contributed by atoms with E-state index in [1.165, 1.54) is 33.3 Å². The standard InChI is InChI=1S/C20H28N6.HI/c1-13-7-6-8-18-19(13)16(11-23-18)9-10-22-20(21-4)24-12-17-14(2)25-26(5)15(17)3;/h6-8,11,23H,9-10,12H2,1-5H3,(H2,21,22,24);1H. The maximum absolute atomic E-state index is 4.46. The third-order valence-electron chi connectivity index (χ3n) is 5.00. The number of hydrogen-bond donors (Lipinski definition) is 3. The lowest BCUT2D eigenvalue weighted by atomic mass is 10.1. The molecule has 0 unspecified atom stereocenters. The summed E-state index contributed by atoms with van der Waals surface area (Å²) in [7, 11) is 3.77. The fraction of sp³-hybridized carbons (Fsp3) is 0.400. The second kappa shape index (κ2) is 9.25. The van der Waals surface area contributed by atoms with Crippen LogP contribution in [0.2, 0.25) is 0 Å². The number of nitrogens with one attached hydrogen (secondary N) is 3. The number of aromatic amines is 1. The van der Waals surface area contributed by atoms with Gasteiger partial charge in [0, 0.05) is 55.5 Å². The van der Waals surface area contributed by atoms with Crippen LogP contribution in [0.3, 0.4) is 0 Å². The Morgan fingerprint density at radius 2 is 2.00 bits per heavy atom. The van der Waals surface area contributed by atoms with Crippen LogP contribution in [0.15, 0.2) is 29.4 Å². The number of hydrogen-bond acceptors (Lipinski definition) is 2. The van der Waals surface area contributed by atoms with E-state index in [4.69, 9.17) is 0 Å². The number of nitrogens with zero attached hydrogens (tertiary/aromatic N) is 3. The number of guanidine groups is 1. The lowest BCUT2D eigenvalue weighted by Gasteiger charge is -2.12. The molecular formula is C20H29IN6. The van der Waals surface area contributed by atoms with E-state index in [-0.39, 0.29) is 24.0 Å². The summed E-state index contributed by atoms with van der Waals surface area (Å²) in [6.45, 7) is 7.83. The van der Waals surface area contributed by atoms with Crippen molar-refractivity contribution in [2.24, 2.45) is 12.0 Å². The second-order valence-corrected chi connectivity index (χ2v) is 6.69. The van der Waals surface area contributed by atoms with Gasteiger partial charge in [-0.2, -0.15) is 5.10 Å². The molecule has 146 valence electrons. The number of halogens is 1. The molecule has 1 aromatic carbocycles. The Morgan fingerprint density at radius 3 is 2.67 bits per heavy atom. The average molecular weight is 480 g/mol. The van der Waals surface area contributed by atoms with Crippen LogP contribution >= 0.6 is 24.0 Å². The lowest BCUT2D eigenvalue weighted by Crippen LogP contribution is -2.38. The molecule has 0 saturated carbocycles. The predicted octanol–water partition coefficient (Wildman–Crippen LogP) is 3.35. The van der Waals surface area contributed by atoms with Crippen LogP contribution in [-0.2, 0) is 20.0 Å². The molecule has 3 rings (SSSR count). The van der Waals surface area contributed by atoms with Crippen LogP contribution < -0.4 is 10.6 Å². The summed E-state index contributed by atoms with van der Waals surface area (Å²) in [5.41, 5.74) is 7.30. The predicted molar refractivity (Wildman–Crippen MR) is 123 cm³/mol. The van der Waals surface area contributed by atoms with E-state index >= 15 is 0 Å². The Kier molecular flexibility index (Phi) is 7.29. The van der Waals surface area contributed by atoms with Gasteiger partial charge in [0.1, 0.15) is 0 Å². The van der Waals surface area contributed by atoms with E-state index in [9.17, 15) is 0 Å². The number of aromatic nitrogens is 3. The molecule has 0 aliphatic rings. The fourth-order valence-corrected chi connectivity index (χ4v) is 3.43. The number of fused-ring (bicyclic) bond motifs is 1. The highest BCUT2D eigenvalue weighted by atomic mass is 127. The van der Waals surface area contributed by atoms with Gasteiger partial charge in [0.2, 0.25) is 0 Å². The fourth-order valence-electron chi connectivity index (χ4n) is 3.43. The van der Waals surface area contributed by atoms with Gasteiger partial charge in [-0.3, -0.25) is 9.67 Å². The Balaban J connectivity index is 0.00000261. The Morgan fingerprint density at radius 1 is 1.22 bits per heavy atom. The minimum absolute atomic E-state index is 0. The highest BCUT2D eigenvalue weighted by Gasteiger charge is 2.10. The summed E-state index contributed by atoms with van der Waals surface area (Å²) in [4.78, 5) is 7.69. The molecule has 7 heteroatoms. The molecule has 3 N–H and O–H groups in total. The van der Waals surface area contributed by atoms with Gasteiger partial charge in [0.05, 0.1) is 5.69 Å². The quantitative estimate of drug-likeness (QED) is 0.298. The number of aliphatic imine (C=N–C) groups is 1. The summed E-state index contributed by atoms with van der Waals surface area (Å²) < 4.78 is 1.92. The molecule has 0 radical (unpaired) electrons. The SMILES string of the molecule is CN=C(NCCc1c[nH]c2cccc(C)c12)NCc1c(C)nn(C)c1C.I. The van der Waals surface area contributed by atoms with Crippen molar-refractivity contribution >= 4 is 40.8 Å². The maximum Gasteiger partial charge on any atom is 0.191 e. The third-order valence-corrected chi connectivity index (χ3v) is 5.00. The van der Waals surface area contributed by atoms with Crippen LogP contribution in [0.4, 0.5) is 0 Å². The zero-order valence-corrected chi connectivity index (χ0v) is 19.0. The van der Waals surface area contributed by atoms with Gasteiger partial charge < -0.3 is 15.6 Å². The summed E-state index contributed by atoms with van der Waals surface area (Å²) in [6, 6.07) is 6.37. The largest absolute Gasteiger partial charge is 0.361 e. The highest BCUT2D eigenvalue weighted by Crippen LogP contribution is 2.22. The van der Waals surface area contributed by atoms with Crippen LogP contribution in [-0.4, -0.2) is 34.3 Å². The van der Waals surface area contributed by atoms with E-state index in [0.29, 0.717) is 0 Å². The van der Waals surface area contributed by atoms with Crippen LogP contribution in [0.5, 0.6) is 0 Å². The molecule has 0 bridgehead atoms. The number of benzene rings is 1. The number of H-pyrrole nitrogens is 1. The third kappa shape index (κ3) is 4.63. The first-order valence-corrected chi connectivity index (χ1v) is 9.00. The Hall–Kier alpha value is -2.03. The molecule has 0 spiro atoms. The highest BCUT2D eigenvalue weighted by molar-refractivity contribution is 14.0. The van der Waals surface area contributed by atoms with Crippen LogP contribution in [0.1, 0.15) is 28.1 Å². The molecule has 0 fully saturated rings. The smallest absolute Gasteiger partial charge is 0.191 e. The molecule has 2 heterocycles. The van der Waals surface area contributed by atoms with Crippen molar-refractivity contribution in [1.82, 2.24) is 25.4 Å². The van der Waals surface area contributed by atoms with Gasteiger partial charge >= 0.3 is 0 Å². The zero-order valence-electron chi connectivity index (χ0n) is 16.7. The molecule has 0 amide bonds. The van der Waals surface area contributed by atoms with Gasteiger partial charge in [-0.15, -0.1) is 24.0 Å². The Bertz CT molecular complexity index is 937. The first-order valence-electron chi connectivity index (χ1n) is 9.00. The molecule has 3 aromatic rings. The molecule has 0 aliphatic carbocycles. The van der Waals surface area contributed by atoms with Gasteiger partial charge in [0.15, 0.2) is 5.96 Å². The first-order chi connectivity index (χ1) is 12.5. The Labute approximate surface area is 177 Å².